The largest absolute Gasteiger partial charge is 0.778 e. The summed E-state index contributed by atoms with van der Waals surface area (Å²) >= 11 is 5.97. The van der Waals surface area contributed by atoms with E-state index in [1.54, 1.807) is 6.92 Å². The molecule has 1 amide bonds. The van der Waals surface area contributed by atoms with Crippen molar-refractivity contribution in [3.63, 3.8) is 0 Å². The number of hydrogen-bond donors (Lipinski definition) is 3. The van der Waals surface area contributed by atoms with Crippen molar-refractivity contribution in [1.29, 1.82) is 0 Å². The van der Waals surface area contributed by atoms with E-state index in [2.05, 4.69) is 24.4 Å². The Bertz CT molecular complexity index is 1600. The molecule has 0 saturated heterocycles. The van der Waals surface area contributed by atoms with E-state index in [1.165, 1.54) is 0 Å². The minimum absolute atomic E-state index is 0.0544. The molecule has 42 heavy (non-hydrogen) atoms. The molecule has 0 bridgehead atoms. The van der Waals surface area contributed by atoms with E-state index < -0.39 is 13.5 Å². The van der Waals surface area contributed by atoms with Crippen molar-refractivity contribution >= 4 is 47.8 Å². The van der Waals surface area contributed by atoms with Crippen molar-refractivity contribution in [2.75, 3.05) is 24.2 Å². The SMILES string of the molecule is CCOP(=O)([O-])CCCCn1c(CNC(=O)c2nc(Cl)c(N)nc2N)[n+](CC)c2ccc(OCc3ccccc3)cc21. The van der Waals surface area contributed by atoms with Crippen molar-refractivity contribution < 1.29 is 28.1 Å². The van der Waals surface area contributed by atoms with Crippen LogP contribution in [-0.4, -0.2) is 33.2 Å². The molecule has 2 aromatic heterocycles. The van der Waals surface area contributed by atoms with Crippen LogP contribution in [0.4, 0.5) is 11.6 Å². The highest BCUT2D eigenvalue weighted by atomic mass is 35.5. The molecular weight excluding hydrogens is 581 g/mol. The maximum atomic E-state index is 13.0. The Labute approximate surface area is 249 Å². The number of imidazole rings is 1. The third kappa shape index (κ3) is 7.57. The summed E-state index contributed by atoms with van der Waals surface area (Å²) < 4.78 is 27.2. The molecule has 0 saturated carbocycles. The zero-order valence-corrected chi connectivity index (χ0v) is 25.2. The molecule has 2 aromatic carbocycles. The number of carbonyl (C=O) groups excluding carboxylic acids is 1. The fourth-order valence-corrected chi connectivity index (χ4v) is 5.94. The molecule has 0 fully saturated rings. The summed E-state index contributed by atoms with van der Waals surface area (Å²) in [6, 6.07) is 15.7. The molecule has 12 nitrogen and oxygen atoms in total. The lowest BCUT2D eigenvalue weighted by Gasteiger charge is -2.21. The van der Waals surface area contributed by atoms with Crippen LogP contribution >= 0.6 is 19.2 Å². The van der Waals surface area contributed by atoms with Gasteiger partial charge in [0.15, 0.2) is 33.5 Å². The van der Waals surface area contributed by atoms with Crippen LogP contribution in [0.1, 0.15) is 48.6 Å². The number of nitrogen functional groups attached to an aromatic ring is 2. The molecule has 1 atom stereocenters. The Morgan fingerprint density at radius 1 is 1.12 bits per heavy atom. The van der Waals surface area contributed by atoms with Gasteiger partial charge in [-0.15, -0.1) is 0 Å². The van der Waals surface area contributed by atoms with Crippen LogP contribution in [0.5, 0.6) is 5.75 Å². The Balaban J connectivity index is 1.63. The van der Waals surface area contributed by atoms with Crippen LogP contribution in [0.25, 0.3) is 11.0 Å². The molecule has 0 spiro atoms. The summed E-state index contributed by atoms with van der Waals surface area (Å²) in [4.78, 5) is 33.0. The van der Waals surface area contributed by atoms with Gasteiger partial charge in [0.05, 0.1) is 19.7 Å². The third-order valence-electron chi connectivity index (χ3n) is 6.63. The number of aryl methyl sites for hydroxylation is 2. The van der Waals surface area contributed by atoms with Crippen LogP contribution < -0.4 is 31.0 Å². The Morgan fingerprint density at radius 2 is 1.88 bits per heavy atom. The van der Waals surface area contributed by atoms with Crippen LogP contribution in [0.15, 0.2) is 48.5 Å². The second kappa shape index (κ2) is 14.0. The molecule has 5 N–H and O–H groups in total. The third-order valence-corrected chi connectivity index (χ3v) is 8.43. The number of anilines is 2. The topological polar surface area (TPSA) is 174 Å². The fraction of sp³-hybridized carbons (Fsp3) is 0.357. The molecule has 0 aliphatic rings. The smallest absolute Gasteiger partial charge is 0.277 e. The molecule has 0 aliphatic heterocycles. The fourth-order valence-electron chi connectivity index (χ4n) is 4.68. The molecular formula is C28H35ClN7O5P. The first kappa shape index (κ1) is 31.2. The van der Waals surface area contributed by atoms with Crippen molar-refractivity contribution in [3.8, 4) is 5.75 Å². The lowest BCUT2D eigenvalue weighted by Crippen LogP contribution is -2.40. The van der Waals surface area contributed by atoms with E-state index in [1.807, 2.05) is 55.5 Å². The van der Waals surface area contributed by atoms with Gasteiger partial charge in [-0.3, -0.25) is 4.79 Å². The average Bonchev–Trinajstić information content (AvgIpc) is 3.26. The van der Waals surface area contributed by atoms with Gasteiger partial charge in [0.2, 0.25) is 0 Å². The number of rotatable bonds is 14. The van der Waals surface area contributed by atoms with Crippen LogP contribution in [0.3, 0.4) is 0 Å². The lowest BCUT2D eigenvalue weighted by atomic mass is 10.2. The molecule has 2 heterocycles. The minimum Gasteiger partial charge on any atom is -0.778 e. The van der Waals surface area contributed by atoms with Gasteiger partial charge in [-0.05, 0) is 44.4 Å². The number of amides is 1. The number of aromatic nitrogens is 4. The van der Waals surface area contributed by atoms with Crippen LogP contribution in [0.2, 0.25) is 5.15 Å². The van der Waals surface area contributed by atoms with Crippen LogP contribution in [-0.2, 0) is 35.3 Å². The van der Waals surface area contributed by atoms with Gasteiger partial charge >= 0.3 is 0 Å². The highest BCUT2D eigenvalue weighted by Crippen LogP contribution is 2.37. The highest BCUT2D eigenvalue weighted by Gasteiger charge is 2.26. The highest BCUT2D eigenvalue weighted by molar-refractivity contribution is 7.51. The quantitative estimate of drug-likeness (QED) is 0.109. The predicted molar refractivity (Wildman–Crippen MR) is 159 cm³/mol. The van der Waals surface area contributed by atoms with Crippen molar-refractivity contribution in [1.82, 2.24) is 19.9 Å². The summed E-state index contributed by atoms with van der Waals surface area (Å²) in [5.41, 5.74) is 14.3. The Morgan fingerprint density at radius 3 is 2.60 bits per heavy atom. The van der Waals surface area contributed by atoms with E-state index in [-0.39, 0.29) is 41.8 Å². The van der Waals surface area contributed by atoms with Gasteiger partial charge in [-0.25, -0.2) is 19.1 Å². The molecule has 0 aliphatic carbocycles. The summed E-state index contributed by atoms with van der Waals surface area (Å²) in [7, 11) is -3.88. The van der Waals surface area contributed by atoms with E-state index in [9.17, 15) is 14.3 Å². The van der Waals surface area contributed by atoms with E-state index in [4.69, 9.17) is 32.3 Å². The maximum absolute atomic E-state index is 13.0. The number of carbonyl (C=O) groups is 1. The van der Waals surface area contributed by atoms with Crippen molar-refractivity contribution in [3.05, 3.63) is 70.8 Å². The Kier molecular flexibility index (Phi) is 10.4. The predicted octanol–water partition coefficient (Wildman–Crippen LogP) is 3.44. The molecule has 14 heteroatoms. The van der Waals surface area contributed by atoms with E-state index in [0.29, 0.717) is 38.3 Å². The number of nitrogens with one attached hydrogen (secondary N) is 1. The number of halogens is 1. The van der Waals surface area contributed by atoms with Crippen molar-refractivity contribution in [2.45, 2.75) is 52.9 Å². The second-order valence-electron chi connectivity index (χ2n) is 9.51. The second-order valence-corrected chi connectivity index (χ2v) is 11.8. The van der Waals surface area contributed by atoms with Gasteiger partial charge < -0.3 is 35.5 Å². The Hall–Kier alpha value is -3.70. The number of ether oxygens (including phenoxy) is 1. The van der Waals surface area contributed by atoms with Gasteiger partial charge in [0, 0.05) is 12.2 Å². The molecule has 4 aromatic rings. The average molecular weight is 616 g/mol. The normalized spacial score (nSPS) is 12.8. The first-order valence-corrected chi connectivity index (χ1v) is 15.8. The molecule has 1 unspecified atom stereocenters. The monoisotopic (exact) mass is 615 g/mol. The van der Waals surface area contributed by atoms with E-state index in [0.717, 1.165) is 22.4 Å². The number of fused-ring (bicyclic) bond motifs is 1. The number of benzene rings is 2. The van der Waals surface area contributed by atoms with Gasteiger partial charge in [-0.2, -0.15) is 0 Å². The summed E-state index contributed by atoms with van der Waals surface area (Å²) in [5.74, 6) is 0.729. The standard InChI is InChI=1S/C28H35ClN7O5P/c1-3-35-21-13-12-20(40-18-19-10-6-5-7-11-19)16-22(21)36(14-8-9-15-42(38,39)41-4-2)23(35)17-32-28(37)24-26(30)34-27(31)25(29)33-24/h5-7,10-13,16H,3-4,8-9,14-15,17-18H2,1-2H3,(H5-,30,31,32,34,37,38,39). The summed E-state index contributed by atoms with van der Waals surface area (Å²) in [6.07, 6.45) is 0.925. The number of nitrogens with zero attached hydrogens (tertiary/aromatic N) is 4. The first-order valence-electron chi connectivity index (χ1n) is 13.7. The molecule has 224 valence electrons. The lowest BCUT2D eigenvalue weighted by molar-refractivity contribution is -0.676. The molecule has 0 radical (unpaired) electrons. The van der Waals surface area contributed by atoms with Crippen molar-refractivity contribution in [2.24, 2.45) is 0 Å². The van der Waals surface area contributed by atoms with Gasteiger partial charge in [-0.1, -0.05) is 41.9 Å². The summed E-state index contributed by atoms with van der Waals surface area (Å²) in [5, 5.41) is 2.75. The number of unbranched alkanes of at least 4 members (excludes halogenated alkanes) is 1. The number of nitrogens with two attached hydrogens (primary N) is 2. The molecule has 4 rings (SSSR count). The first-order chi connectivity index (χ1) is 20.1. The van der Waals surface area contributed by atoms with Crippen LogP contribution in [0, 0.1) is 0 Å². The number of hydrogen-bond acceptors (Lipinski definition) is 9. The zero-order chi connectivity index (χ0) is 30.3. The van der Waals surface area contributed by atoms with Gasteiger partial charge in [0.25, 0.3) is 11.7 Å². The minimum atomic E-state index is -3.88. The zero-order valence-electron chi connectivity index (χ0n) is 23.6. The van der Waals surface area contributed by atoms with Gasteiger partial charge in [0.1, 0.15) is 26.5 Å². The summed E-state index contributed by atoms with van der Waals surface area (Å²) in [6.45, 7) is 5.43. The van der Waals surface area contributed by atoms with E-state index >= 15 is 0 Å². The maximum Gasteiger partial charge on any atom is 0.277 e.